The summed E-state index contributed by atoms with van der Waals surface area (Å²) < 4.78 is 2.11. The summed E-state index contributed by atoms with van der Waals surface area (Å²) in [4.78, 5) is 13.5. The third-order valence-electron chi connectivity index (χ3n) is 2.86. The van der Waals surface area contributed by atoms with Crippen molar-refractivity contribution in [2.75, 3.05) is 5.88 Å². The molecule has 3 heterocycles. The standard InChI is InChI=1S/C13H13ClN4S/c1-9-8-19-12(16-9)7-18-11(4-5-14)17-10-3-2-6-15-13(10)18/h2-3,6,8H,4-5,7H2,1H3. The minimum Gasteiger partial charge on any atom is -0.306 e. The maximum atomic E-state index is 5.86. The second kappa shape index (κ2) is 5.27. The molecule has 0 aromatic carbocycles. The molecule has 3 aromatic heterocycles. The molecule has 0 amide bonds. The van der Waals surface area contributed by atoms with Crippen molar-refractivity contribution >= 4 is 34.1 Å². The number of halogens is 1. The van der Waals surface area contributed by atoms with Crippen molar-refractivity contribution < 1.29 is 0 Å². The van der Waals surface area contributed by atoms with Gasteiger partial charge in [0, 0.05) is 29.6 Å². The van der Waals surface area contributed by atoms with Gasteiger partial charge in [0.05, 0.1) is 6.54 Å². The van der Waals surface area contributed by atoms with E-state index in [4.69, 9.17) is 11.6 Å². The van der Waals surface area contributed by atoms with Crippen LogP contribution in [-0.2, 0) is 13.0 Å². The molecule has 0 aliphatic rings. The minimum atomic E-state index is 0.556. The van der Waals surface area contributed by atoms with Gasteiger partial charge >= 0.3 is 0 Å². The Kier molecular flexibility index (Phi) is 3.48. The summed E-state index contributed by atoms with van der Waals surface area (Å²) in [6, 6.07) is 3.88. The van der Waals surface area contributed by atoms with Crippen molar-refractivity contribution in [3.05, 3.63) is 40.2 Å². The second-order valence-corrected chi connectivity index (χ2v) is 5.60. The first kappa shape index (κ1) is 12.6. The van der Waals surface area contributed by atoms with Crippen LogP contribution in [0.15, 0.2) is 23.7 Å². The molecule has 4 nitrogen and oxygen atoms in total. The predicted molar refractivity (Wildman–Crippen MR) is 77.9 cm³/mol. The fourth-order valence-corrected chi connectivity index (χ4v) is 2.99. The molecule has 0 N–H and O–H groups in total. The molecular formula is C13H13ClN4S. The number of alkyl halides is 1. The number of pyridine rings is 1. The highest BCUT2D eigenvalue weighted by atomic mass is 35.5. The smallest absolute Gasteiger partial charge is 0.160 e. The van der Waals surface area contributed by atoms with Gasteiger partial charge in [0.2, 0.25) is 0 Å². The lowest BCUT2D eigenvalue weighted by Crippen LogP contribution is -2.06. The topological polar surface area (TPSA) is 43.6 Å². The van der Waals surface area contributed by atoms with Gasteiger partial charge in [-0.05, 0) is 19.1 Å². The number of aryl methyl sites for hydroxylation is 2. The second-order valence-electron chi connectivity index (χ2n) is 4.28. The highest BCUT2D eigenvalue weighted by molar-refractivity contribution is 7.09. The number of thiazole rings is 1. The zero-order chi connectivity index (χ0) is 13.2. The molecule has 6 heteroatoms. The summed E-state index contributed by atoms with van der Waals surface area (Å²) in [5, 5.41) is 3.13. The molecule has 0 radical (unpaired) electrons. The van der Waals surface area contributed by atoms with Crippen molar-refractivity contribution in [3.8, 4) is 0 Å². The van der Waals surface area contributed by atoms with Crippen LogP contribution < -0.4 is 0 Å². The molecular weight excluding hydrogens is 280 g/mol. The summed E-state index contributed by atoms with van der Waals surface area (Å²) >= 11 is 7.52. The SMILES string of the molecule is Cc1csc(Cn2c(CCCl)nc3cccnc32)n1. The zero-order valence-electron chi connectivity index (χ0n) is 10.5. The summed E-state index contributed by atoms with van der Waals surface area (Å²) in [5.41, 5.74) is 2.86. The molecule has 0 fully saturated rings. The Morgan fingerprint density at radius 3 is 3.00 bits per heavy atom. The third-order valence-corrected chi connectivity index (χ3v) is 4.00. The summed E-state index contributed by atoms with van der Waals surface area (Å²) in [6.07, 6.45) is 2.53. The molecule has 3 rings (SSSR count). The molecule has 0 saturated heterocycles. The van der Waals surface area contributed by atoms with Gasteiger partial charge < -0.3 is 4.57 Å². The van der Waals surface area contributed by atoms with Crippen molar-refractivity contribution in [1.29, 1.82) is 0 Å². The number of hydrogen-bond acceptors (Lipinski definition) is 4. The van der Waals surface area contributed by atoms with Crippen molar-refractivity contribution in [1.82, 2.24) is 19.5 Å². The molecule has 0 saturated carbocycles. The first-order valence-corrected chi connectivity index (χ1v) is 7.46. The van der Waals surface area contributed by atoms with Crippen LogP contribution in [-0.4, -0.2) is 25.4 Å². The molecule has 0 spiro atoms. The lowest BCUT2D eigenvalue weighted by atomic mass is 10.4. The lowest BCUT2D eigenvalue weighted by molar-refractivity contribution is 0.742. The number of hydrogen-bond donors (Lipinski definition) is 0. The van der Waals surface area contributed by atoms with E-state index >= 15 is 0 Å². The van der Waals surface area contributed by atoms with Crippen molar-refractivity contribution in [2.24, 2.45) is 0 Å². The molecule has 0 bridgehead atoms. The largest absolute Gasteiger partial charge is 0.306 e. The molecule has 3 aromatic rings. The number of aromatic nitrogens is 4. The summed E-state index contributed by atoms with van der Waals surface area (Å²) in [5.74, 6) is 1.52. The van der Waals surface area contributed by atoms with Gasteiger partial charge in [0.25, 0.3) is 0 Å². The van der Waals surface area contributed by atoms with E-state index in [1.54, 1.807) is 17.5 Å². The van der Waals surface area contributed by atoms with Crippen molar-refractivity contribution in [3.63, 3.8) is 0 Å². The summed E-state index contributed by atoms with van der Waals surface area (Å²) in [7, 11) is 0. The van der Waals surface area contributed by atoms with Gasteiger partial charge in [-0.25, -0.2) is 15.0 Å². The summed E-state index contributed by atoms with van der Waals surface area (Å²) in [6.45, 7) is 2.71. The first-order chi connectivity index (χ1) is 9.28. The Morgan fingerprint density at radius 1 is 1.37 bits per heavy atom. The van der Waals surface area contributed by atoms with Crippen LogP contribution >= 0.6 is 22.9 Å². The van der Waals surface area contributed by atoms with Crippen LogP contribution in [0.4, 0.5) is 0 Å². The molecule has 98 valence electrons. The van der Waals surface area contributed by atoms with Gasteiger partial charge in [-0.15, -0.1) is 22.9 Å². The normalized spacial score (nSPS) is 11.3. The van der Waals surface area contributed by atoms with Gasteiger partial charge in [0.15, 0.2) is 5.65 Å². The maximum absolute atomic E-state index is 5.86. The van der Waals surface area contributed by atoms with E-state index in [-0.39, 0.29) is 0 Å². The van der Waals surface area contributed by atoms with Crippen LogP contribution in [0.3, 0.4) is 0 Å². The highest BCUT2D eigenvalue weighted by Gasteiger charge is 2.12. The van der Waals surface area contributed by atoms with Gasteiger partial charge in [-0.1, -0.05) is 0 Å². The van der Waals surface area contributed by atoms with Crippen LogP contribution in [0.2, 0.25) is 0 Å². The van der Waals surface area contributed by atoms with Crippen LogP contribution in [0.25, 0.3) is 11.2 Å². The monoisotopic (exact) mass is 292 g/mol. The van der Waals surface area contributed by atoms with Gasteiger partial charge in [0.1, 0.15) is 16.3 Å². The highest BCUT2D eigenvalue weighted by Crippen LogP contribution is 2.18. The molecule has 0 aliphatic carbocycles. The maximum Gasteiger partial charge on any atom is 0.160 e. The molecule has 0 aliphatic heterocycles. The van der Waals surface area contributed by atoms with Crippen LogP contribution in [0.5, 0.6) is 0 Å². The van der Waals surface area contributed by atoms with Gasteiger partial charge in [-0.2, -0.15) is 0 Å². The van der Waals surface area contributed by atoms with Crippen LogP contribution in [0, 0.1) is 6.92 Å². The number of fused-ring (bicyclic) bond motifs is 1. The van der Waals surface area contributed by atoms with E-state index in [0.29, 0.717) is 12.4 Å². The average Bonchev–Trinajstić information content (AvgIpc) is 2.96. The van der Waals surface area contributed by atoms with E-state index in [1.165, 1.54) is 0 Å². The van der Waals surface area contributed by atoms with E-state index in [0.717, 1.165) is 34.1 Å². The Labute approximate surface area is 120 Å². The van der Waals surface area contributed by atoms with Crippen molar-refractivity contribution in [2.45, 2.75) is 19.9 Å². The number of nitrogens with zero attached hydrogens (tertiary/aromatic N) is 4. The molecule has 0 unspecified atom stereocenters. The number of rotatable bonds is 4. The Balaban J connectivity index is 2.06. The average molecular weight is 293 g/mol. The van der Waals surface area contributed by atoms with E-state index in [2.05, 4.69) is 24.9 Å². The Morgan fingerprint density at radius 2 is 2.26 bits per heavy atom. The predicted octanol–water partition coefficient (Wildman–Crippen LogP) is 3.03. The molecule has 19 heavy (non-hydrogen) atoms. The fraction of sp³-hybridized carbons (Fsp3) is 0.308. The first-order valence-electron chi connectivity index (χ1n) is 6.05. The van der Waals surface area contributed by atoms with Gasteiger partial charge in [-0.3, -0.25) is 0 Å². The Hall–Kier alpha value is -1.46. The zero-order valence-corrected chi connectivity index (χ0v) is 12.1. The Bertz CT molecular complexity index is 704. The minimum absolute atomic E-state index is 0.556. The van der Waals surface area contributed by atoms with E-state index in [1.807, 2.05) is 19.1 Å². The van der Waals surface area contributed by atoms with E-state index < -0.39 is 0 Å². The third kappa shape index (κ3) is 2.48. The quantitative estimate of drug-likeness (QED) is 0.694. The molecule has 0 atom stereocenters. The fourth-order valence-electron chi connectivity index (χ4n) is 2.06. The number of imidazole rings is 1. The lowest BCUT2D eigenvalue weighted by Gasteiger charge is -2.05. The van der Waals surface area contributed by atoms with Crippen LogP contribution in [0.1, 0.15) is 16.5 Å². The van der Waals surface area contributed by atoms with E-state index in [9.17, 15) is 0 Å².